The molecular weight excluding hydrogens is 199 g/mol. The van der Waals surface area contributed by atoms with Gasteiger partial charge in [0, 0.05) is 18.6 Å². The highest BCUT2D eigenvalue weighted by Crippen LogP contribution is 2.54. The Bertz CT molecular complexity index is 269. The second kappa shape index (κ2) is 4.11. The van der Waals surface area contributed by atoms with E-state index in [1.54, 1.807) is 0 Å². The van der Waals surface area contributed by atoms with Crippen LogP contribution in [0.3, 0.4) is 0 Å². The van der Waals surface area contributed by atoms with Gasteiger partial charge in [0.2, 0.25) is 0 Å². The summed E-state index contributed by atoms with van der Waals surface area (Å²) in [5, 5.41) is 0. The molecule has 0 aromatic heterocycles. The van der Waals surface area contributed by atoms with E-state index in [4.69, 9.17) is 18.2 Å². The molecule has 0 spiro atoms. The van der Waals surface area contributed by atoms with Crippen molar-refractivity contribution in [2.24, 2.45) is 5.92 Å². The molecule has 2 nitrogen and oxygen atoms in total. The summed E-state index contributed by atoms with van der Waals surface area (Å²) in [4.78, 5) is 0. The zero-order chi connectivity index (χ0) is 10.1. The minimum Gasteiger partial charge on any atom is -0.270 e. The minimum absolute atomic E-state index is 0.393. The largest absolute Gasteiger partial charge is 0.270 e. The van der Waals surface area contributed by atoms with Crippen molar-refractivity contribution in [1.29, 1.82) is 0 Å². The minimum atomic E-state index is -1.49. The van der Waals surface area contributed by atoms with E-state index in [2.05, 4.69) is 36.4 Å². The summed E-state index contributed by atoms with van der Waals surface area (Å²) in [5.74, 6) is 3.24. The smallest absolute Gasteiger partial charge is 0.0780 e. The summed E-state index contributed by atoms with van der Waals surface area (Å²) >= 11 is 5.71. The highest BCUT2D eigenvalue weighted by atomic mass is 32.4. The second-order valence-corrected chi connectivity index (χ2v) is 8.66. The lowest BCUT2D eigenvalue weighted by Crippen LogP contribution is -2.34. The Morgan fingerprint density at radius 1 is 1.62 bits per heavy atom. The van der Waals surface area contributed by atoms with Crippen molar-refractivity contribution in [3.05, 3.63) is 0 Å². The molecule has 1 aliphatic rings. The van der Waals surface area contributed by atoms with Crippen LogP contribution in [-0.2, 0) is 11.8 Å². The molecule has 0 saturated carbocycles. The Labute approximate surface area is 86.4 Å². The quantitative estimate of drug-likeness (QED) is 0.484. The SMILES string of the molecule is C#CC1CCN(C)P(=S)(N(C)C)C1. The van der Waals surface area contributed by atoms with Gasteiger partial charge in [-0.1, -0.05) is 11.8 Å². The van der Waals surface area contributed by atoms with E-state index in [1.807, 2.05) is 0 Å². The Hall–Kier alpha value is 0.130. The van der Waals surface area contributed by atoms with Crippen LogP contribution in [0, 0.1) is 18.3 Å². The number of nitrogens with zero attached hydrogens (tertiary/aromatic N) is 2. The summed E-state index contributed by atoms with van der Waals surface area (Å²) < 4.78 is 4.50. The fourth-order valence-corrected chi connectivity index (χ4v) is 4.91. The molecule has 0 N–H and O–H groups in total. The van der Waals surface area contributed by atoms with E-state index in [9.17, 15) is 0 Å². The summed E-state index contributed by atoms with van der Waals surface area (Å²) in [6, 6.07) is 0. The molecule has 0 aromatic rings. The number of rotatable bonds is 1. The van der Waals surface area contributed by atoms with E-state index < -0.39 is 6.34 Å². The first kappa shape index (κ1) is 11.2. The van der Waals surface area contributed by atoms with Crippen molar-refractivity contribution in [2.45, 2.75) is 6.42 Å². The van der Waals surface area contributed by atoms with Crippen LogP contribution in [0.5, 0.6) is 0 Å². The Balaban J connectivity index is 2.83. The number of hydrogen-bond donors (Lipinski definition) is 0. The Kier molecular flexibility index (Phi) is 3.54. The van der Waals surface area contributed by atoms with Crippen LogP contribution in [0.2, 0.25) is 0 Å². The van der Waals surface area contributed by atoms with Crippen LogP contribution in [0.25, 0.3) is 0 Å². The molecular formula is C9H17N2PS. The van der Waals surface area contributed by atoms with Gasteiger partial charge in [0.1, 0.15) is 0 Å². The lowest BCUT2D eigenvalue weighted by Gasteiger charge is -2.42. The molecule has 4 heteroatoms. The highest BCUT2D eigenvalue weighted by Gasteiger charge is 2.32. The third-order valence-corrected chi connectivity index (χ3v) is 8.35. The summed E-state index contributed by atoms with van der Waals surface area (Å²) in [6.07, 6.45) is 6.06. The first-order valence-corrected chi connectivity index (χ1v) is 7.34. The normalized spacial score (nSPS) is 36.1. The molecule has 0 amide bonds. The molecule has 1 fully saturated rings. The molecule has 0 bridgehead atoms. The van der Waals surface area contributed by atoms with E-state index >= 15 is 0 Å². The summed E-state index contributed by atoms with van der Waals surface area (Å²) in [5.41, 5.74) is 0. The van der Waals surface area contributed by atoms with E-state index in [0.29, 0.717) is 5.92 Å². The van der Waals surface area contributed by atoms with Gasteiger partial charge in [-0.05, 0) is 27.6 Å². The predicted molar refractivity (Wildman–Crippen MR) is 62.4 cm³/mol. The number of hydrogen-bond acceptors (Lipinski definition) is 1. The van der Waals surface area contributed by atoms with Crippen molar-refractivity contribution in [2.75, 3.05) is 33.8 Å². The second-order valence-electron chi connectivity index (χ2n) is 3.73. The van der Waals surface area contributed by atoms with E-state index in [1.165, 1.54) is 0 Å². The van der Waals surface area contributed by atoms with Crippen LogP contribution in [-0.4, -0.2) is 43.2 Å². The third kappa shape index (κ3) is 2.14. The first-order valence-electron chi connectivity index (χ1n) is 4.45. The van der Waals surface area contributed by atoms with Crippen molar-refractivity contribution in [3.8, 4) is 12.3 Å². The van der Waals surface area contributed by atoms with Gasteiger partial charge in [0.15, 0.2) is 0 Å². The molecule has 1 saturated heterocycles. The van der Waals surface area contributed by atoms with Gasteiger partial charge in [-0.25, -0.2) is 0 Å². The first-order chi connectivity index (χ1) is 6.00. The van der Waals surface area contributed by atoms with Gasteiger partial charge < -0.3 is 0 Å². The molecule has 0 aliphatic carbocycles. The van der Waals surface area contributed by atoms with Crippen molar-refractivity contribution in [3.63, 3.8) is 0 Å². The molecule has 74 valence electrons. The molecule has 2 unspecified atom stereocenters. The van der Waals surface area contributed by atoms with Gasteiger partial charge in [0.05, 0.1) is 6.34 Å². The molecule has 0 aromatic carbocycles. The molecule has 1 rings (SSSR count). The summed E-state index contributed by atoms with van der Waals surface area (Å²) in [7, 11) is 6.25. The zero-order valence-corrected chi connectivity index (χ0v) is 10.2. The molecule has 2 atom stereocenters. The van der Waals surface area contributed by atoms with E-state index in [-0.39, 0.29) is 0 Å². The van der Waals surface area contributed by atoms with Crippen molar-refractivity contribution in [1.82, 2.24) is 9.34 Å². The van der Waals surface area contributed by atoms with Crippen molar-refractivity contribution < 1.29 is 0 Å². The topological polar surface area (TPSA) is 6.48 Å². The van der Waals surface area contributed by atoms with Gasteiger partial charge in [0.25, 0.3) is 0 Å². The molecule has 1 aliphatic heterocycles. The number of terminal acetylenes is 1. The highest BCUT2D eigenvalue weighted by molar-refractivity contribution is 8.12. The van der Waals surface area contributed by atoms with E-state index in [0.717, 1.165) is 19.1 Å². The molecule has 13 heavy (non-hydrogen) atoms. The van der Waals surface area contributed by atoms with Gasteiger partial charge in [-0.2, -0.15) is 0 Å². The average molecular weight is 216 g/mol. The monoisotopic (exact) mass is 216 g/mol. The maximum atomic E-state index is 5.71. The van der Waals surface area contributed by atoms with Crippen LogP contribution in [0.15, 0.2) is 0 Å². The lowest BCUT2D eigenvalue weighted by atomic mass is 10.1. The maximum Gasteiger partial charge on any atom is 0.0780 e. The van der Waals surface area contributed by atoms with Gasteiger partial charge in [-0.15, -0.1) is 12.3 Å². The third-order valence-electron chi connectivity index (χ3n) is 2.65. The lowest BCUT2D eigenvalue weighted by molar-refractivity contribution is 0.424. The predicted octanol–water partition coefficient (Wildman–Crippen LogP) is 1.44. The van der Waals surface area contributed by atoms with Crippen molar-refractivity contribution >= 4 is 18.1 Å². The zero-order valence-electron chi connectivity index (χ0n) is 8.53. The van der Waals surface area contributed by atoms with Gasteiger partial charge >= 0.3 is 0 Å². The van der Waals surface area contributed by atoms with Crippen LogP contribution < -0.4 is 0 Å². The Morgan fingerprint density at radius 3 is 2.69 bits per heavy atom. The van der Waals surface area contributed by atoms with Crippen LogP contribution >= 0.6 is 6.34 Å². The molecule has 1 heterocycles. The van der Waals surface area contributed by atoms with Crippen LogP contribution in [0.1, 0.15) is 6.42 Å². The Morgan fingerprint density at radius 2 is 2.23 bits per heavy atom. The summed E-state index contributed by atoms with van der Waals surface area (Å²) in [6.45, 7) is 1.05. The standard InChI is InChI=1S/C9H17N2PS/c1-5-9-6-7-11(4)12(13,8-9)10(2)3/h1,9H,6-8H2,2-4H3. The fraction of sp³-hybridized carbons (Fsp3) is 0.778. The van der Waals surface area contributed by atoms with Gasteiger partial charge in [-0.3, -0.25) is 9.34 Å². The van der Waals surface area contributed by atoms with Crippen LogP contribution in [0.4, 0.5) is 0 Å². The fourth-order valence-electron chi connectivity index (χ4n) is 1.62. The maximum absolute atomic E-state index is 5.71. The molecule has 0 radical (unpaired) electrons. The average Bonchev–Trinajstić information content (AvgIpc) is 2.09.